The number of benzene rings is 2. The molecule has 6 nitrogen and oxygen atoms in total. The molecule has 7 heteroatoms. The zero-order chi connectivity index (χ0) is 17.3. The highest BCUT2D eigenvalue weighted by atomic mass is 32.2. The summed E-state index contributed by atoms with van der Waals surface area (Å²) in [5.41, 5.74) is 2.85. The van der Waals surface area contributed by atoms with Crippen LogP contribution in [0.2, 0.25) is 0 Å². The van der Waals surface area contributed by atoms with E-state index in [2.05, 4.69) is 0 Å². The van der Waals surface area contributed by atoms with Crippen molar-refractivity contribution < 1.29 is 23.1 Å². The van der Waals surface area contributed by atoms with Gasteiger partial charge >= 0.3 is 5.97 Å². The van der Waals surface area contributed by atoms with Crippen LogP contribution in [0, 0.1) is 6.92 Å². The van der Waals surface area contributed by atoms with E-state index in [1.165, 1.54) is 28.6 Å². The maximum absolute atomic E-state index is 12.9. The Bertz CT molecular complexity index is 874. The fraction of sp³-hybridized carbons (Fsp3) is 0.235. The van der Waals surface area contributed by atoms with Crippen molar-refractivity contribution in [3.63, 3.8) is 0 Å². The number of anilines is 1. The quantitative estimate of drug-likeness (QED) is 0.896. The van der Waals surface area contributed by atoms with E-state index < -0.39 is 22.6 Å². The second-order valence-electron chi connectivity index (χ2n) is 5.61. The zero-order valence-electron chi connectivity index (χ0n) is 13.1. The summed E-state index contributed by atoms with van der Waals surface area (Å²) in [6.07, 6.45) is 0.691. The smallest absolute Gasteiger partial charge is 0.341 e. The van der Waals surface area contributed by atoms with Crippen molar-refractivity contribution in [3.05, 3.63) is 53.6 Å². The monoisotopic (exact) mass is 347 g/mol. The van der Waals surface area contributed by atoms with Gasteiger partial charge in [-0.05, 0) is 49.2 Å². The first kappa shape index (κ1) is 16.3. The molecule has 126 valence electrons. The summed E-state index contributed by atoms with van der Waals surface area (Å²) < 4.78 is 32.1. The summed E-state index contributed by atoms with van der Waals surface area (Å²) >= 11 is 0. The van der Waals surface area contributed by atoms with E-state index >= 15 is 0 Å². The molecule has 2 aromatic rings. The Kier molecular flexibility index (Phi) is 4.19. The van der Waals surface area contributed by atoms with Gasteiger partial charge in [0.05, 0.1) is 10.6 Å². The van der Waals surface area contributed by atoms with Crippen molar-refractivity contribution in [1.82, 2.24) is 0 Å². The molecule has 0 radical (unpaired) electrons. The molecule has 0 aromatic heterocycles. The highest BCUT2D eigenvalue weighted by Crippen LogP contribution is 2.33. The molecule has 0 fully saturated rings. The first-order valence-corrected chi connectivity index (χ1v) is 8.89. The summed E-state index contributed by atoms with van der Waals surface area (Å²) in [5, 5.41) is 8.59. The third kappa shape index (κ3) is 3.07. The van der Waals surface area contributed by atoms with Crippen molar-refractivity contribution in [2.24, 2.45) is 0 Å². The molecule has 0 saturated carbocycles. The largest absolute Gasteiger partial charge is 0.482 e. The molecule has 1 aliphatic heterocycles. The number of fused-ring (bicyclic) bond motifs is 1. The standard InChI is InChI=1S/C17H17NO5S/c1-12-2-7-16-13(10-12)8-9-18(16)24(21,22)15-5-3-14(4-6-15)23-11-17(19)20/h2-7,10H,8-9,11H2,1H3,(H,19,20). The number of ether oxygens (including phenoxy) is 1. The van der Waals surface area contributed by atoms with Gasteiger partial charge in [-0.25, -0.2) is 13.2 Å². The van der Waals surface area contributed by atoms with Crippen LogP contribution in [0.4, 0.5) is 5.69 Å². The third-order valence-electron chi connectivity index (χ3n) is 3.86. The minimum absolute atomic E-state index is 0.151. The predicted molar refractivity (Wildman–Crippen MR) is 89.0 cm³/mol. The van der Waals surface area contributed by atoms with Crippen LogP contribution in [0.1, 0.15) is 11.1 Å². The van der Waals surface area contributed by atoms with Crippen LogP contribution >= 0.6 is 0 Å². The number of carbonyl (C=O) groups is 1. The Balaban J connectivity index is 1.86. The first-order valence-electron chi connectivity index (χ1n) is 7.45. The lowest BCUT2D eigenvalue weighted by atomic mass is 10.1. The molecule has 0 unspecified atom stereocenters. The Labute approximate surface area is 140 Å². The molecular formula is C17H17NO5S. The van der Waals surface area contributed by atoms with Gasteiger partial charge in [-0.15, -0.1) is 0 Å². The number of carboxylic acids is 1. The minimum Gasteiger partial charge on any atom is -0.482 e. The third-order valence-corrected chi connectivity index (χ3v) is 5.69. The topological polar surface area (TPSA) is 83.9 Å². The minimum atomic E-state index is -3.65. The number of aliphatic carboxylic acids is 1. The van der Waals surface area contributed by atoms with Gasteiger partial charge in [0, 0.05) is 6.54 Å². The number of nitrogens with zero attached hydrogens (tertiary/aromatic N) is 1. The predicted octanol–water partition coefficient (Wildman–Crippen LogP) is 2.21. The van der Waals surface area contributed by atoms with Gasteiger partial charge in [0.15, 0.2) is 6.61 Å². The molecule has 2 aromatic carbocycles. The SMILES string of the molecule is Cc1ccc2c(c1)CCN2S(=O)(=O)c1ccc(OCC(=O)O)cc1. The van der Waals surface area contributed by atoms with E-state index in [0.29, 0.717) is 24.4 Å². The van der Waals surface area contributed by atoms with E-state index in [1.807, 2.05) is 25.1 Å². The van der Waals surface area contributed by atoms with Crippen molar-refractivity contribution in [3.8, 4) is 5.75 Å². The van der Waals surface area contributed by atoms with Crippen LogP contribution in [0.15, 0.2) is 47.4 Å². The van der Waals surface area contributed by atoms with Crippen molar-refractivity contribution >= 4 is 21.7 Å². The van der Waals surface area contributed by atoms with Gasteiger partial charge in [0.2, 0.25) is 0 Å². The van der Waals surface area contributed by atoms with E-state index in [-0.39, 0.29) is 4.90 Å². The Hall–Kier alpha value is -2.54. The fourth-order valence-corrected chi connectivity index (χ4v) is 4.23. The second-order valence-corrected chi connectivity index (χ2v) is 7.48. The molecule has 24 heavy (non-hydrogen) atoms. The van der Waals surface area contributed by atoms with Crippen LogP contribution in [-0.2, 0) is 21.2 Å². The van der Waals surface area contributed by atoms with Gasteiger partial charge in [-0.3, -0.25) is 4.31 Å². The number of rotatable bonds is 5. The number of hydrogen-bond acceptors (Lipinski definition) is 4. The Morgan fingerprint density at radius 1 is 1.21 bits per heavy atom. The number of sulfonamides is 1. The lowest BCUT2D eigenvalue weighted by Crippen LogP contribution is -2.29. The average molecular weight is 347 g/mol. The van der Waals surface area contributed by atoms with Crippen LogP contribution < -0.4 is 9.04 Å². The van der Waals surface area contributed by atoms with Gasteiger partial charge in [0.25, 0.3) is 10.0 Å². The van der Waals surface area contributed by atoms with Crippen LogP contribution in [0.25, 0.3) is 0 Å². The van der Waals surface area contributed by atoms with Crippen LogP contribution in [0.5, 0.6) is 5.75 Å². The Morgan fingerprint density at radius 2 is 1.92 bits per heavy atom. The molecule has 1 heterocycles. The van der Waals surface area contributed by atoms with Crippen LogP contribution in [0.3, 0.4) is 0 Å². The molecule has 0 spiro atoms. The van der Waals surface area contributed by atoms with E-state index in [9.17, 15) is 13.2 Å². The van der Waals surface area contributed by atoms with Crippen molar-refractivity contribution in [2.45, 2.75) is 18.2 Å². The molecule has 0 atom stereocenters. The van der Waals surface area contributed by atoms with E-state index in [4.69, 9.17) is 9.84 Å². The van der Waals surface area contributed by atoms with Gasteiger partial charge < -0.3 is 9.84 Å². The summed E-state index contributed by atoms with van der Waals surface area (Å²) in [5.74, 6) is -0.774. The molecule has 1 N–H and O–H groups in total. The van der Waals surface area contributed by atoms with Crippen molar-refractivity contribution in [2.75, 3.05) is 17.5 Å². The van der Waals surface area contributed by atoms with Crippen molar-refractivity contribution in [1.29, 1.82) is 0 Å². The first-order chi connectivity index (χ1) is 11.4. The van der Waals surface area contributed by atoms with Gasteiger partial charge in [-0.2, -0.15) is 0 Å². The lowest BCUT2D eigenvalue weighted by Gasteiger charge is -2.20. The van der Waals surface area contributed by atoms with Crippen LogP contribution in [-0.4, -0.2) is 32.6 Å². The number of carboxylic acid groups (broad SMARTS) is 1. The second kappa shape index (κ2) is 6.16. The number of aryl methyl sites for hydroxylation is 1. The summed E-state index contributed by atoms with van der Waals surface area (Å²) in [6.45, 7) is 1.93. The van der Waals surface area contributed by atoms with E-state index in [0.717, 1.165) is 11.1 Å². The normalized spacial score (nSPS) is 13.6. The molecule has 3 rings (SSSR count). The highest BCUT2D eigenvalue weighted by Gasteiger charge is 2.30. The molecule has 0 bridgehead atoms. The summed E-state index contributed by atoms with van der Waals surface area (Å²) in [6, 6.07) is 11.5. The molecular weight excluding hydrogens is 330 g/mol. The molecule has 0 aliphatic carbocycles. The molecule has 1 aliphatic rings. The Morgan fingerprint density at radius 3 is 2.58 bits per heavy atom. The zero-order valence-corrected chi connectivity index (χ0v) is 13.9. The lowest BCUT2D eigenvalue weighted by molar-refractivity contribution is -0.139. The van der Waals surface area contributed by atoms with Gasteiger partial charge in [-0.1, -0.05) is 17.7 Å². The van der Waals surface area contributed by atoms with E-state index in [1.54, 1.807) is 0 Å². The fourth-order valence-electron chi connectivity index (χ4n) is 2.73. The maximum Gasteiger partial charge on any atom is 0.341 e. The highest BCUT2D eigenvalue weighted by molar-refractivity contribution is 7.92. The number of hydrogen-bond donors (Lipinski definition) is 1. The molecule has 0 amide bonds. The van der Waals surface area contributed by atoms with Gasteiger partial charge in [0.1, 0.15) is 5.75 Å². The maximum atomic E-state index is 12.9. The molecule has 0 saturated heterocycles. The summed E-state index contributed by atoms with van der Waals surface area (Å²) in [4.78, 5) is 10.6. The average Bonchev–Trinajstić information content (AvgIpc) is 2.97. The summed E-state index contributed by atoms with van der Waals surface area (Å²) in [7, 11) is -3.65.